The third-order valence-corrected chi connectivity index (χ3v) is 11.0. The van der Waals surface area contributed by atoms with E-state index < -0.39 is 0 Å². The zero-order valence-electron chi connectivity index (χ0n) is 19.5. The van der Waals surface area contributed by atoms with Gasteiger partial charge in [-0.1, -0.05) is 129 Å². The van der Waals surface area contributed by atoms with E-state index in [9.17, 15) is 0 Å². The highest BCUT2D eigenvalue weighted by atomic mass is 35.5. The summed E-state index contributed by atoms with van der Waals surface area (Å²) in [4.78, 5) is 0. The predicted molar refractivity (Wildman–Crippen MR) is 167 cm³/mol. The molecule has 0 amide bonds. The summed E-state index contributed by atoms with van der Waals surface area (Å²) in [5.41, 5.74) is 0.820. The van der Waals surface area contributed by atoms with Crippen LogP contribution >= 0.6 is 115 Å². The molecule has 0 aliphatic carbocycles. The Hall–Kier alpha value is -0.380. The van der Waals surface area contributed by atoms with Crippen molar-refractivity contribution >= 4 is 137 Å². The van der Waals surface area contributed by atoms with Crippen molar-refractivity contribution in [3.05, 3.63) is 50.2 Å². The molecule has 0 bridgehead atoms. The summed E-state index contributed by atoms with van der Waals surface area (Å²) in [6.45, 7) is 4.12. The number of benzene rings is 3. The van der Waals surface area contributed by atoms with Gasteiger partial charge in [0.25, 0.3) is 0 Å². The topological polar surface area (TPSA) is 51.6 Å². The molecule has 0 fully saturated rings. The minimum Gasteiger partial charge on any atom is -0.143 e. The normalized spacial score (nSPS) is 11.8. The van der Waals surface area contributed by atoms with E-state index in [-0.39, 0.29) is 40.2 Å². The molecule has 14 heteroatoms. The quantitative estimate of drug-likeness (QED) is 0.130. The number of aryl methyl sites for hydroxylation is 2. The molecule has 38 heavy (non-hydrogen) atoms. The maximum atomic E-state index is 7.04. The van der Waals surface area contributed by atoms with Crippen molar-refractivity contribution in [2.45, 2.75) is 39.5 Å². The summed E-state index contributed by atoms with van der Waals surface area (Å²) in [5.74, 6) is 0. The van der Waals surface area contributed by atoms with Crippen molar-refractivity contribution in [2.75, 3.05) is 0 Å². The van der Waals surface area contributed by atoms with Gasteiger partial charge in [-0.25, -0.2) is 0 Å². The Labute approximate surface area is 266 Å². The fourth-order valence-corrected chi connectivity index (χ4v) is 9.25. The fraction of sp³-hybridized carbons (Fsp3) is 0.250. The molecule has 5 aromatic rings. The molecule has 0 aliphatic rings. The summed E-state index contributed by atoms with van der Waals surface area (Å²) in [6.07, 6.45) is 3.38. The summed E-state index contributed by atoms with van der Waals surface area (Å²) in [6, 6.07) is 0. The first-order valence-electron chi connectivity index (χ1n) is 11.2. The van der Waals surface area contributed by atoms with Crippen LogP contribution in [0.5, 0.6) is 0 Å². The van der Waals surface area contributed by atoms with E-state index in [1.807, 2.05) is 0 Å². The van der Waals surface area contributed by atoms with Crippen LogP contribution in [-0.4, -0.2) is 20.4 Å². The van der Waals surface area contributed by atoms with Crippen LogP contribution in [0, 0.1) is 0 Å². The molecule has 5 rings (SSSR count). The van der Waals surface area contributed by atoms with Gasteiger partial charge in [-0.15, -0.1) is 20.4 Å². The van der Waals surface area contributed by atoms with Crippen molar-refractivity contribution in [3.63, 3.8) is 0 Å². The molecule has 0 radical (unpaired) electrons. The summed E-state index contributed by atoms with van der Waals surface area (Å²) < 4.78 is 0. The van der Waals surface area contributed by atoms with Gasteiger partial charge < -0.3 is 0 Å². The number of nitrogens with zero attached hydrogens (tertiary/aromatic N) is 4. The third-order valence-electron chi connectivity index (χ3n) is 5.81. The Morgan fingerprint density at radius 3 is 1.13 bits per heavy atom. The van der Waals surface area contributed by atoms with E-state index in [0.717, 1.165) is 35.7 Å². The Morgan fingerprint density at radius 1 is 0.447 bits per heavy atom. The molecule has 4 nitrogen and oxygen atoms in total. The molecule has 2 aromatic heterocycles. The highest BCUT2D eigenvalue weighted by Crippen LogP contribution is 2.57. The van der Waals surface area contributed by atoms with Crippen molar-refractivity contribution in [3.8, 4) is 21.1 Å². The van der Waals surface area contributed by atoms with Crippen LogP contribution in [0.15, 0.2) is 0 Å². The molecular formula is C24H14Cl8N4S2. The van der Waals surface area contributed by atoms with Crippen LogP contribution < -0.4 is 0 Å². The van der Waals surface area contributed by atoms with E-state index >= 15 is 0 Å². The first kappa shape index (κ1) is 29.1. The Morgan fingerprint density at radius 2 is 0.789 bits per heavy atom. The minimum atomic E-state index is 0.142. The highest BCUT2D eigenvalue weighted by Gasteiger charge is 2.30. The van der Waals surface area contributed by atoms with E-state index in [4.69, 9.17) is 92.8 Å². The lowest BCUT2D eigenvalue weighted by Gasteiger charge is -2.19. The molecule has 0 aliphatic heterocycles. The van der Waals surface area contributed by atoms with Crippen molar-refractivity contribution < 1.29 is 0 Å². The largest absolute Gasteiger partial charge is 0.150 e. The highest BCUT2D eigenvalue weighted by molar-refractivity contribution is 7.15. The number of hydrogen-bond donors (Lipinski definition) is 0. The number of halogens is 8. The number of fused-ring (bicyclic) bond motifs is 2. The fourth-order valence-electron chi connectivity index (χ4n) is 4.11. The summed E-state index contributed by atoms with van der Waals surface area (Å²) in [5, 5.41) is 22.6. The van der Waals surface area contributed by atoms with E-state index in [1.54, 1.807) is 0 Å². The third kappa shape index (κ3) is 4.67. The van der Waals surface area contributed by atoms with E-state index in [1.165, 1.54) is 22.7 Å². The standard InChI is InChI=1S/C24H14Cl8N4S2/c1-3-5-7-33-35-23(37-7)13-17(27)9-11(19(29)21(13)31)16(26)12-10(15(9)25)18(28)14(22(32)20(12)30)24-36-34-8(38-24)6-4-2/h3-6H2,1-2H3. The van der Waals surface area contributed by atoms with Gasteiger partial charge in [0, 0.05) is 34.4 Å². The van der Waals surface area contributed by atoms with Gasteiger partial charge in [0.2, 0.25) is 0 Å². The van der Waals surface area contributed by atoms with Crippen LogP contribution in [0.2, 0.25) is 40.2 Å². The molecule has 198 valence electrons. The molecule has 0 saturated heterocycles. The Balaban J connectivity index is 1.89. The van der Waals surface area contributed by atoms with Gasteiger partial charge in [-0.05, 0) is 12.8 Å². The average molecular weight is 706 g/mol. The van der Waals surface area contributed by atoms with Crippen molar-refractivity contribution in [1.29, 1.82) is 0 Å². The van der Waals surface area contributed by atoms with Gasteiger partial charge in [-0.3, -0.25) is 0 Å². The Kier molecular flexibility index (Phi) is 8.80. The molecule has 0 unspecified atom stereocenters. The molecule has 0 spiro atoms. The maximum Gasteiger partial charge on any atom is 0.150 e. The lowest BCUT2D eigenvalue weighted by atomic mass is 9.99. The monoisotopic (exact) mass is 702 g/mol. The zero-order valence-corrected chi connectivity index (χ0v) is 27.1. The molecule has 0 saturated carbocycles. The van der Waals surface area contributed by atoms with E-state index in [0.29, 0.717) is 42.7 Å². The molecular weight excluding hydrogens is 692 g/mol. The lowest BCUT2D eigenvalue weighted by Crippen LogP contribution is -1.94. The second kappa shape index (κ2) is 11.5. The first-order valence-corrected chi connectivity index (χ1v) is 15.9. The van der Waals surface area contributed by atoms with Crippen LogP contribution in [0.3, 0.4) is 0 Å². The minimum absolute atomic E-state index is 0.142. The van der Waals surface area contributed by atoms with Gasteiger partial charge >= 0.3 is 0 Å². The van der Waals surface area contributed by atoms with Gasteiger partial charge in [0.05, 0.1) is 51.3 Å². The second-order valence-electron chi connectivity index (χ2n) is 8.26. The maximum absolute atomic E-state index is 7.04. The van der Waals surface area contributed by atoms with E-state index in [2.05, 4.69) is 34.2 Å². The molecule has 3 aromatic carbocycles. The molecule has 0 N–H and O–H groups in total. The van der Waals surface area contributed by atoms with Crippen LogP contribution in [0.25, 0.3) is 42.7 Å². The summed E-state index contributed by atoms with van der Waals surface area (Å²) in [7, 11) is 0. The van der Waals surface area contributed by atoms with Crippen molar-refractivity contribution in [2.24, 2.45) is 0 Å². The van der Waals surface area contributed by atoms with Crippen LogP contribution in [0.4, 0.5) is 0 Å². The Bertz CT molecular complexity index is 1620. The first-order chi connectivity index (χ1) is 18.1. The van der Waals surface area contributed by atoms with Crippen LogP contribution in [-0.2, 0) is 12.8 Å². The summed E-state index contributed by atoms with van der Waals surface area (Å²) >= 11 is 57.7. The molecule has 0 atom stereocenters. The van der Waals surface area contributed by atoms with Gasteiger partial charge in [0.15, 0.2) is 10.0 Å². The van der Waals surface area contributed by atoms with Gasteiger partial charge in [0.1, 0.15) is 10.0 Å². The molecule has 2 heterocycles. The number of aromatic nitrogens is 4. The van der Waals surface area contributed by atoms with Crippen molar-refractivity contribution in [1.82, 2.24) is 20.4 Å². The van der Waals surface area contributed by atoms with Gasteiger partial charge in [-0.2, -0.15) is 0 Å². The zero-order chi connectivity index (χ0) is 27.5. The predicted octanol–water partition coefficient (Wildman–Crippen LogP) is 12.2. The lowest BCUT2D eigenvalue weighted by molar-refractivity contribution is 0.879. The smallest absolute Gasteiger partial charge is 0.143 e. The number of rotatable bonds is 6. The SMILES string of the molecule is CCCc1nnc(-c2c(Cl)c(Cl)c3c(Cl)c4c(Cl)c(Cl)c(-c5nnc(CCC)s5)c(Cl)c4c(Cl)c3c2Cl)s1. The van der Waals surface area contributed by atoms with Crippen LogP contribution in [0.1, 0.15) is 36.7 Å². The second-order valence-corrected chi connectivity index (χ2v) is 13.4. The number of hydrogen-bond acceptors (Lipinski definition) is 6. The average Bonchev–Trinajstić information content (AvgIpc) is 3.53.